The van der Waals surface area contributed by atoms with Crippen molar-refractivity contribution in [1.29, 1.82) is 0 Å². The van der Waals surface area contributed by atoms with Crippen LogP contribution in [-0.2, 0) is 12.6 Å². The Labute approximate surface area is 86.3 Å². The summed E-state index contributed by atoms with van der Waals surface area (Å²) in [6, 6.07) is 5.75. The summed E-state index contributed by atoms with van der Waals surface area (Å²) < 4.78 is 6.61. The van der Waals surface area contributed by atoms with E-state index in [9.17, 15) is 4.79 Å². The predicted octanol–water partition coefficient (Wildman–Crippen LogP) is 1.08. The van der Waals surface area contributed by atoms with Gasteiger partial charge in [0.05, 0.1) is 5.52 Å². The van der Waals surface area contributed by atoms with Crippen LogP contribution in [-0.4, -0.2) is 4.57 Å². The monoisotopic (exact) mass is 204 g/mol. The van der Waals surface area contributed by atoms with Crippen molar-refractivity contribution >= 4 is 11.1 Å². The van der Waals surface area contributed by atoms with Crippen LogP contribution in [0.2, 0.25) is 0 Å². The molecule has 0 aliphatic heterocycles. The number of oxazole rings is 1. The Morgan fingerprint density at radius 3 is 2.87 bits per heavy atom. The molecule has 4 nitrogen and oxygen atoms in total. The number of fused-ring (bicyclic) bond motifs is 1. The molecule has 1 aliphatic carbocycles. The Morgan fingerprint density at radius 2 is 2.20 bits per heavy atom. The zero-order valence-corrected chi connectivity index (χ0v) is 8.49. The SMILES string of the molecule is Cn1c(=O)oc2cc(C3(N)CC3)ccc21. The van der Waals surface area contributed by atoms with Crippen molar-refractivity contribution in [2.45, 2.75) is 18.4 Å². The van der Waals surface area contributed by atoms with Crippen LogP contribution < -0.4 is 11.5 Å². The summed E-state index contributed by atoms with van der Waals surface area (Å²) in [6.07, 6.45) is 2.02. The fourth-order valence-corrected chi connectivity index (χ4v) is 1.87. The van der Waals surface area contributed by atoms with Gasteiger partial charge in [-0.25, -0.2) is 4.79 Å². The fourth-order valence-electron chi connectivity index (χ4n) is 1.87. The van der Waals surface area contributed by atoms with E-state index in [4.69, 9.17) is 10.2 Å². The molecule has 0 amide bonds. The number of hydrogen-bond donors (Lipinski definition) is 1. The van der Waals surface area contributed by atoms with Gasteiger partial charge in [-0.2, -0.15) is 0 Å². The van der Waals surface area contributed by atoms with E-state index in [1.807, 2.05) is 18.2 Å². The number of nitrogens with two attached hydrogens (primary N) is 1. The minimum atomic E-state index is -0.330. The van der Waals surface area contributed by atoms with Crippen LogP contribution in [0.3, 0.4) is 0 Å². The highest BCUT2D eigenvalue weighted by Gasteiger charge is 2.40. The molecular formula is C11H12N2O2. The first kappa shape index (κ1) is 8.73. The third-order valence-corrected chi connectivity index (χ3v) is 3.16. The summed E-state index contributed by atoms with van der Waals surface area (Å²) in [5, 5.41) is 0. The lowest BCUT2D eigenvalue weighted by Gasteiger charge is -2.07. The van der Waals surface area contributed by atoms with Crippen molar-refractivity contribution in [2.24, 2.45) is 12.8 Å². The summed E-state index contributed by atoms with van der Waals surface area (Å²) in [5.74, 6) is -0.330. The van der Waals surface area contributed by atoms with Crippen molar-refractivity contribution in [1.82, 2.24) is 4.57 Å². The van der Waals surface area contributed by atoms with Crippen LogP contribution in [0.15, 0.2) is 27.4 Å². The second kappa shape index (κ2) is 2.52. The molecule has 0 saturated heterocycles. The quantitative estimate of drug-likeness (QED) is 0.756. The molecule has 78 valence electrons. The molecule has 1 fully saturated rings. The van der Waals surface area contributed by atoms with Crippen LogP contribution in [0.1, 0.15) is 18.4 Å². The molecule has 0 atom stereocenters. The lowest BCUT2D eigenvalue weighted by atomic mass is 10.1. The van der Waals surface area contributed by atoms with Gasteiger partial charge in [0.25, 0.3) is 0 Å². The smallest absolute Gasteiger partial charge is 0.408 e. The van der Waals surface area contributed by atoms with E-state index in [1.54, 1.807) is 7.05 Å². The number of rotatable bonds is 1. The molecule has 0 radical (unpaired) electrons. The molecule has 3 rings (SSSR count). The van der Waals surface area contributed by atoms with Crippen LogP contribution in [0, 0.1) is 0 Å². The zero-order valence-electron chi connectivity index (χ0n) is 8.49. The number of aryl methyl sites for hydroxylation is 1. The van der Waals surface area contributed by atoms with Crippen LogP contribution in [0.5, 0.6) is 0 Å². The van der Waals surface area contributed by atoms with Crippen LogP contribution in [0.25, 0.3) is 11.1 Å². The van der Waals surface area contributed by atoms with Gasteiger partial charge >= 0.3 is 5.76 Å². The lowest BCUT2D eigenvalue weighted by Crippen LogP contribution is -2.18. The van der Waals surface area contributed by atoms with E-state index >= 15 is 0 Å². The molecule has 0 bridgehead atoms. The highest BCUT2D eigenvalue weighted by Crippen LogP contribution is 2.43. The summed E-state index contributed by atoms with van der Waals surface area (Å²) in [5.41, 5.74) is 8.39. The Morgan fingerprint density at radius 1 is 1.47 bits per heavy atom. The van der Waals surface area contributed by atoms with Gasteiger partial charge in [-0.05, 0) is 30.5 Å². The average Bonchev–Trinajstić information content (AvgIpc) is 2.90. The number of nitrogens with zero attached hydrogens (tertiary/aromatic N) is 1. The highest BCUT2D eigenvalue weighted by atomic mass is 16.4. The molecule has 1 aromatic carbocycles. The third kappa shape index (κ3) is 1.15. The van der Waals surface area contributed by atoms with Gasteiger partial charge in [0.15, 0.2) is 5.58 Å². The standard InChI is InChI=1S/C11H12N2O2/c1-13-8-3-2-7(11(12)4-5-11)6-9(8)15-10(13)14/h2-3,6H,4-5,12H2,1H3. The number of aromatic nitrogens is 1. The van der Waals surface area contributed by atoms with E-state index in [-0.39, 0.29) is 11.3 Å². The molecule has 1 aliphatic rings. The van der Waals surface area contributed by atoms with E-state index in [0.717, 1.165) is 23.9 Å². The molecule has 0 unspecified atom stereocenters. The van der Waals surface area contributed by atoms with E-state index < -0.39 is 0 Å². The molecule has 0 spiro atoms. The van der Waals surface area contributed by atoms with Crippen molar-refractivity contribution in [3.63, 3.8) is 0 Å². The summed E-state index contributed by atoms with van der Waals surface area (Å²) in [4.78, 5) is 11.3. The molecule has 1 saturated carbocycles. The minimum Gasteiger partial charge on any atom is -0.408 e. The van der Waals surface area contributed by atoms with Gasteiger partial charge < -0.3 is 10.2 Å². The second-order valence-electron chi connectivity index (χ2n) is 4.27. The number of hydrogen-bond acceptors (Lipinski definition) is 3. The van der Waals surface area contributed by atoms with Crippen molar-refractivity contribution in [3.8, 4) is 0 Å². The normalized spacial score (nSPS) is 18.3. The number of benzene rings is 1. The molecule has 1 heterocycles. The topological polar surface area (TPSA) is 61.2 Å². The third-order valence-electron chi connectivity index (χ3n) is 3.16. The Hall–Kier alpha value is -1.55. The zero-order chi connectivity index (χ0) is 10.6. The fraction of sp³-hybridized carbons (Fsp3) is 0.364. The maximum Gasteiger partial charge on any atom is 0.419 e. The Bertz CT molecular complexity index is 590. The van der Waals surface area contributed by atoms with Gasteiger partial charge in [0.2, 0.25) is 0 Å². The van der Waals surface area contributed by atoms with Crippen LogP contribution in [0.4, 0.5) is 0 Å². The van der Waals surface area contributed by atoms with Crippen molar-refractivity contribution in [3.05, 3.63) is 34.3 Å². The van der Waals surface area contributed by atoms with E-state index in [0.29, 0.717) is 5.58 Å². The first-order valence-electron chi connectivity index (χ1n) is 4.99. The first-order chi connectivity index (χ1) is 7.10. The summed E-state index contributed by atoms with van der Waals surface area (Å²) >= 11 is 0. The average molecular weight is 204 g/mol. The second-order valence-corrected chi connectivity index (χ2v) is 4.27. The maximum absolute atomic E-state index is 11.3. The van der Waals surface area contributed by atoms with Crippen molar-refractivity contribution < 1.29 is 4.42 Å². The molecule has 4 heteroatoms. The molecule has 2 aromatic rings. The summed E-state index contributed by atoms with van der Waals surface area (Å²) in [7, 11) is 1.70. The first-order valence-corrected chi connectivity index (χ1v) is 4.99. The summed E-state index contributed by atoms with van der Waals surface area (Å²) in [6.45, 7) is 0. The Balaban J connectivity index is 2.27. The van der Waals surface area contributed by atoms with Gasteiger partial charge in [0, 0.05) is 12.6 Å². The molecule has 2 N–H and O–H groups in total. The van der Waals surface area contributed by atoms with E-state index in [2.05, 4.69) is 0 Å². The highest BCUT2D eigenvalue weighted by molar-refractivity contribution is 5.74. The minimum absolute atomic E-state index is 0.178. The van der Waals surface area contributed by atoms with Crippen LogP contribution >= 0.6 is 0 Å². The van der Waals surface area contributed by atoms with E-state index in [1.165, 1.54) is 4.57 Å². The Kier molecular flexibility index (Phi) is 1.47. The van der Waals surface area contributed by atoms with Gasteiger partial charge in [-0.15, -0.1) is 0 Å². The van der Waals surface area contributed by atoms with Crippen molar-refractivity contribution in [2.75, 3.05) is 0 Å². The molecule has 1 aromatic heterocycles. The molecule has 15 heavy (non-hydrogen) atoms. The molecular weight excluding hydrogens is 192 g/mol. The lowest BCUT2D eigenvalue weighted by molar-refractivity contribution is 0.527. The predicted molar refractivity (Wildman–Crippen MR) is 56.6 cm³/mol. The largest absolute Gasteiger partial charge is 0.419 e. The van der Waals surface area contributed by atoms with Gasteiger partial charge in [-0.3, -0.25) is 4.57 Å². The maximum atomic E-state index is 11.3. The van der Waals surface area contributed by atoms with Gasteiger partial charge in [0.1, 0.15) is 0 Å². The van der Waals surface area contributed by atoms with Gasteiger partial charge in [-0.1, -0.05) is 6.07 Å².